The van der Waals surface area contributed by atoms with Gasteiger partial charge in [-0.2, -0.15) is 0 Å². The number of hydrogen-bond donors (Lipinski definition) is 2. The Morgan fingerprint density at radius 2 is 1.63 bits per heavy atom. The molecule has 2 N–H and O–H groups in total. The van der Waals surface area contributed by atoms with E-state index in [1.807, 2.05) is 42.5 Å². The fourth-order valence-electron chi connectivity index (χ4n) is 6.37. The van der Waals surface area contributed by atoms with Crippen LogP contribution in [0, 0.1) is 24.2 Å². The first-order valence-corrected chi connectivity index (χ1v) is 13.0. The number of amides is 1. The molecule has 0 radical (unpaired) electrons. The summed E-state index contributed by atoms with van der Waals surface area (Å²) in [6.45, 7) is 9.03. The van der Waals surface area contributed by atoms with Crippen LogP contribution in [0.3, 0.4) is 0 Å². The zero-order valence-corrected chi connectivity index (χ0v) is 21.5. The topological polar surface area (TPSA) is 69.6 Å². The molecule has 0 aromatic heterocycles. The molecule has 0 spiro atoms. The van der Waals surface area contributed by atoms with E-state index in [1.54, 1.807) is 4.90 Å². The van der Waals surface area contributed by atoms with Gasteiger partial charge in [-0.3, -0.25) is 4.79 Å². The number of carboxylic acid groups (broad SMARTS) is 1. The lowest BCUT2D eigenvalue weighted by molar-refractivity contribution is -0.152. The van der Waals surface area contributed by atoms with Gasteiger partial charge in [-0.25, -0.2) is 4.79 Å². The number of likely N-dealkylation sites (tertiary alicyclic amines) is 1. The average Bonchev–Trinajstić information content (AvgIpc) is 3.44. The Morgan fingerprint density at radius 3 is 2.23 bits per heavy atom. The van der Waals surface area contributed by atoms with Crippen molar-refractivity contribution in [2.24, 2.45) is 17.3 Å². The van der Waals surface area contributed by atoms with Gasteiger partial charge in [-0.05, 0) is 47.8 Å². The Kier molecular flexibility index (Phi) is 7.65. The molecule has 2 aromatic carbocycles. The molecule has 5 heteroatoms. The van der Waals surface area contributed by atoms with E-state index in [1.165, 1.54) is 11.1 Å². The van der Waals surface area contributed by atoms with Crippen molar-refractivity contribution in [1.82, 2.24) is 10.2 Å². The highest BCUT2D eigenvalue weighted by molar-refractivity contribution is 5.86. The maximum Gasteiger partial charge on any atom is 0.326 e. The number of carbonyl (C=O) groups is 2. The van der Waals surface area contributed by atoms with Crippen LogP contribution in [0.1, 0.15) is 75.6 Å². The number of aryl methyl sites for hydroxylation is 1. The minimum absolute atomic E-state index is 0.0207. The van der Waals surface area contributed by atoms with Crippen LogP contribution >= 0.6 is 0 Å². The average molecular weight is 477 g/mol. The molecule has 2 aromatic rings. The molecule has 4 unspecified atom stereocenters. The van der Waals surface area contributed by atoms with Gasteiger partial charge in [-0.15, -0.1) is 0 Å². The molecule has 1 saturated heterocycles. The summed E-state index contributed by atoms with van der Waals surface area (Å²) in [5.41, 5.74) is 3.06. The fourth-order valence-corrected chi connectivity index (χ4v) is 6.37. The van der Waals surface area contributed by atoms with Crippen LogP contribution in [0.5, 0.6) is 0 Å². The van der Waals surface area contributed by atoms with Crippen molar-refractivity contribution in [3.05, 3.63) is 71.3 Å². The van der Waals surface area contributed by atoms with Crippen LogP contribution < -0.4 is 5.32 Å². The maximum atomic E-state index is 13.9. The van der Waals surface area contributed by atoms with Crippen molar-refractivity contribution in [3.63, 3.8) is 0 Å². The first-order valence-electron chi connectivity index (χ1n) is 13.0. The van der Waals surface area contributed by atoms with E-state index >= 15 is 0 Å². The van der Waals surface area contributed by atoms with Crippen LogP contribution in [0.2, 0.25) is 0 Å². The van der Waals surface area contributed by atoms with Crippen molar-refractivity contribution < 1.29 is 14.7 Å². The quantitative estimate of drug-likeness (QED) is 0.535. The Morgan fingerprint density at radius 1 is 1.00 bits per heavy atom. The number of carbonyl (C=O) groups excluding carboxylic acids is 1. The van der Waals surface area contributed by atoms with Crippen molar-refractivity contribution in [3.8, 4) is 0 Å². The van der Waals surface area contributed by atoms with E-state index in [-0.39, 0.29) is 29.3 Å². The molecular weight excluding hydrogens is 436 g/mol. The van der Waals surface area contributed by atoms with Crippen LogP contribution in [0.15, 0.2) is 54.6 Å². The summed E-state index contributed by atoms with van der Waals surface area (Å²) in [5.74, 6) is -0.819. The summed E-state index contributed by atoms with van der Waals surface area (Å²) >= 11 is 0. The standard InChI is InChI=1S/C30H40N2O3/c1-20-12-8-11-17-23(20)19-31-26-25(30(2,3)4)28(29(34)35)32(24(33)18-21-13-9-10-14-21)27(26)22-15-6-5-7-16-22/h5-8,11-12,15-17,21,25-28,31H,9-10,13-14,18-19H2,1-4H3,(H,34,35). The van der Waals surface area contributed by atoms with E-state index in [4.69, 9.17) is 0 Å². The summed E-state index contributed by atoms with van der Waals surface area (Å²) < 4.78 is 0. The minimum atomic E-state index is -0.911. The third-order valence-electron chi connectivity index (χ3n) is 8.08. The number of rotatable bonds is 7. The summed E-state index contributed by atoms with van der Waals surface area (Å²) in [7, 11) is 0. The van der Waals surface area contributed by atoms with E-state index < -0.39 is 12.0 Å². The van der Waals surface area contributed by atoms with Gasteiger partial charge in [0.1, 0.15) is 6.04 Å². The molecule has 2 fully saturated rings. The Bertz CT molecular complexity index is 1020. The molecule has 1 aliphatic heterocycles. The van der Waals surface area contributed by atoms with Gasteiger partial charge in [0.15, 0.2) is 0 Å². The third kappa shape index (κ3) is 5.45. The van der Waals surface area contributed by atoms with E-state index in [2.05, 4.69) is 45.1 Å². The second-order valence-electron chi connectivity index (χ2n) is 11.5. The van der Waals surface area contributed by atoms with E-state index in [0.29, 0.717) is 18.9 Å². The van der Waals surface area contributed by atoms with Gasteiger partial charge >= 0.3 is 5.97 Å². The van der Waals surface area contributed by atoms with Crippen molar-refractivity contribution in [2.45, 2.75) is 84.5 Å². The second kappa shape index (κ2) is 10.5. The zero-order chi connectivity index (χ0) is 25.2. The first-order chi connectivity index (χ1) is 16.7. The highest BCUT2D eigenvalue weighted by atomic mass is 16.4. The SMILES string of the molecule is Cc1ccccc1CNC1C(c2ccccc2)N(C(=O)CC2CCCC2)C(C(=O)O)C1C(C)(C)C. The molecule has 1 heterocycles. The molecule has 4 rings (SSSR count). The molecular formula is C30H40N2O3. The van der Waals surface area contributed by atoms with Gasteiger partial charge in [0.2, 0.25) is 5.91 Å². The molecule has 5 nitrogen and oxygen atoms in total. The minimum Gasteiger partial charge on any atom is -0.480 e. The predicted octanol–water partition coefficient (Wildman–Crippen LogP) is 5.73. The van der Waals surface area contributed by atoms with Crippen molar-refractivity contribution in [1.29, 1.82) is 0 Å². The Balaban J connectivity index is 1.77. The Labute approximate surface area is 209 Å². The number of nitrogens with one attached hydrogen (secondary N) is 1. The van der Waals surface area contributed by atoms with E-state index in [9.17, 15) is 14.7 Å². The summed E-state index contributed by atoms with van der Waals surface area (Å²) in [6, 6.07) is 16.9. The number of benzene rings is 2. The monoisotopic (exact) mass is 476 g/mol. The van der Waals surface area contributed by atoms with Crippen molar-refractivity contribution in [2.75, 3.05) is 0 Å². The number of nitrogens with zero attached hydrogens (tertiary/aromatic N) is 1. The summed E-state index contributed by atoms with van der Waals surface area (Å²) in [6.07, 6.45) is 4.88. The smallest absolute Gasteiger partial charge is 0.326 e. The van der Waals surface area contributed by atoms with Crippen LogP contribution in [-0.2, 0) is 16.1 Å². The molecule has 35 heavy (non-hydrogen) atoms. The number of hydrogen-bond acceptors (Lipinski definition) is 3. The zero-order valence-electron chi connectivity index (χ0n) is 21.5. The molecule has 0 bridgehead atoms. The molecule has 4 atom stereocenters. The predicted molar refractivity (Wildman–Crippen MR) is 139 cm³/mol. The molecule has 1 aliphatic carbocycles. The molecule has 2 aliphatic rings. The number of aliphatic carboxylic acids is 1. The summed E-state index contributed by atoms with van der Waals surface area (Å²) in [4.78, 5) is 28.5. The van der Waals surface area contributed by atoms with Gasteiger partial charge in [0.05, 0.1) is 6.04 Å². The van der Waals surface area contributed by atoms with Gasteiger partial charge in [-0.1, -0.05) is 88.2 Å². The lowest BCUT2D eigenvalue weighted by Crippen LogP contribution is -2.48. The van der Waals surface area contributed by atoms with Crippen molar-refractivity contribution >= 4 is 11.9 Å². The highest BCUT2D eigenvalue weighted by Crippen LogP contribution is 2.48. The van der Waals surface area contributed by atoms with Gasteiger partial charge in [0, 0.05) is 24.9 Å². The largest absolute Gasteiger partial charge is 0.480 e. The lowest BCUT2D eigenvalue weighted by atomic mass is 9.72. The number of carboxylic acids is 1. The van der Waals surface area contributed by atoms with E-state index in [0.717, 1.165) is 31.2 Å². The maximum absolute atomic E-state index is 13.9. The third-order valence-corrected chi connectivity index (χ3v) is 8.08. The Hall–Kier alpha value is -2.66. The lowest BCUT2D eigenvalue weighted by Gasteiger charge is -2.35. The van der Waals surface area contributed by atoms with Gasteiger partial charge in [0.25, 0.3) is 0 Å². The summed E-state index contributed by atoms with van der Waals surface area (Å²) in [5, 5.41) is 14.3. The molecule has 188 valence electrons. The van der Waals surface area contributed by atoms with Gasteiger partial charge < -0.3 is 15.3 Å². The molecule has 1 amide bonds. The normalized spacial score (nSPS) is 25.2. The van der Waals surface area contributed by atoms with Crippen LogP contribution in [0.4, 0.5) is 0 Å². The molecule has 1 saturated carbocycles. The second-order valence-corrected chi connectivity index (χ2v) is 11.5. The van der Waals surface area contributed by atoms with Crippen LogP contribution in [0.25, 0.3) is 0 Å². The fraction of sp³-hybridized carbons (Fsp3) is 0.533. The van der Waals surface area contributed by atoms with Crippen LogP contribution in [-0.4, -0.2) is 34.0 Å². The highest BCUT2D eigenvalue weighted by Gasteiger charge is 2.57. The first kappa shape index (κ1) is 25.4.